The number of rotatable bonds is 4. The van der Waals surface area contributed by atoms with Crippen molar-refractivity contribution < 1.29 is 39.5 Å². The molecular formula is C20H23F3O6S2. The summed E-state index contributed by atoms with van der Waals surface area (Å²) in [7, 11) is -8.86. The Labute approximate surface area is 180 Å². The fraction of sp³-hybridized carbons (Fsp3) is 0.450. The van der Waals surface area contributed by atoms with E-state index in [1.165, 1.54) is 0 Å². The van der Waals surface area contributed by atoms with E-state index < -0.39 is 43.8 Å². The van der Waals surface area contributed by atoms with Crippen LogP contribution in [0.1, 0.15) is 27.2 Å². The number of alkyl halides is 3. The van der Waals surface area contributed by atoms with Crippen LogP contribution in [0.15, 0.2) is 47.4 Å². The minimum Gasteiger partial charge on any atom is -0.430 e. The van der Waals surface area contributed by atoms with Crippen LogP contribution in [0.4, 0.5) is 18.0 Å². The SMILES string of the molecule is CC(C)(C)OC(=O)OC1CCS(OS(=O)(=O)C(F)(F)F)(c2cccc3ccccc23)C1. The van der Waals surface area contributed by atoms with E-state index in [0.29, 0.717) is 10.3 Å². The Balaban J connectivity index is 2.00. The molecule has 2 aromatic rings. The van der Waals surface area contributed by atoms with E-state index in [0.717, 1.165) is 5.39 Å². The second-order valence-electron chi connectivity index (χ2n) is 8.12. The van der Waals surface area contributed by atoms with Gasteiger partial charge in [-0.3, -0.25) is 0 Å². The number of halogens is 3. The molecule has 1 aliphatic rings. The Morgan fingerprint density at radius 1 is 1.06 bits per heavy atom. The van der Waals surface area contributed by atoms with Crippen molar-refractivity contribution in [2.45, 2.75) is 49.3 Å². The molecule has 0 bridgehead atoms. The molecule has 172 valence electrons. The third-order valence-corrected chi connectivity index (χ3v) is 9.82. The van der Waals surface area contributed by atoms with E-state index >= 15 is 0 Å². The average Bonchev–Trinajstić information content (AvgIpc) is 3.01. The summed E-state index contributed by atoms with van der Waals surface area (Å²) >= 11 is 0. The molecule has 1 aliphatic heterocycles. The van der Waals surface area contributed by atoms with Crippen LogP contribution in [0.25, 0.3) is 10.8 Å². The first-order valence-corrected chi connectivity index (χ1v) is 12.7. The van der Waals surface area contributed by atoms with Gasteiger partial charge in [-0.1, -0.05) is 46.7 Å². The average molecular weight is 481 g/mol. The topological polar surface area (TPSA) is 78.9 Å². The van der Waals surface area contributed by atoms with Crippen LogP contribution in [0, 0.1) is 0 Å². The molecule has 11 heteroatoms. The molecule has 0 N–H and O–H groups in total. The predicted molar refractivity (Wildman–Crippen MR) is 111 cm³/mol. The minimum atomic E-state index is -5.87. The second-order valence-corrected chi connectivity index (χ2v) is 12.8. The summed E-state index contributed by atoms with van der Waals surface area (Å²) in [6, 6.07) is 11.9. The van der Waals surface area contributed by atoms with Gasteiger partial charge < -0.3 is 9.47 Å². The van der Waals surface area contributed by atoms with E-state index in [2.05, 4.69) is 0 Å². The van der Waals surface area contributed by atoms with Crippen LogP contribution >= 0.6 is 10.3 Å². The van der Waals surface area contributed by atoms with E-state index in [4.69, 9.17) is 13.1 Å². The number of fused-ring (bicyclic) bond motifs is 1. The fourth-order valence-corrected chi connectivity index (χ4v) is 8.75. The Morgan fingerprint density at radius 3 is 2.35 bits per heavy atom. The molecule has 0 saturated carbocycles. The van der Waals surface area contributed by atoms with E-state index in [9.17, 15) is 26.4 Å². The number of hydrogen-bond donors (Lipinski definition) is 0. The van der Waals surface area contributed by atoms with E-state index in [1.807, 2.05) is 0 Å². The molecule has 1 fully saturated rings. The van der Waals surface area contributed by atoms with Crippen molar-refractivity contribution in [3.8, 4) is 0 Å². The van der Waals surface area contributed by atoms with Crippen molar-refractivity contribution in [3.05, 3.63) is 42.5 Å². The summed E-state index contributed by atoms with van der Waals surface area (Å²) in [5, 5.41) is 1.33. The largest absolute Gasteiger partial charge is 0.523 e. The van der Waals surface area contributed by atoms with Crippen LogP contribution < -0.4 is 0 Å². The molecule has 1 heterocycles. The second kappa shape index (κ2) is 8.18. The first-order chi connectivity index (χ1) is 14.2. The lowest BCUT2D eigenvalue weighted by Gasteiger charge is -2.35. The number of hydrogen-bond acceptors (Lipinski definition) is 6. The first-order valence-electron chi connectivity index (χ1n) is 9.41. The van der Waals surface area contributed by atoms with Gasteiger partial charge in [-0.05, 0) is 44.0 Å². The summed E-state index contributed by atoms with van der Waals surface area (Å²) in [6.07, 6.45) is -1.66. The van der Waals surface area contributed by atoms with Gasteiger partial charge >= 0.3 is 21.8 Å². The quantitative estimate of drug-likeness (QED) is 0.424. The zero-order valence-corrected chi connectivity index (χ0v) is 18.8. The number of benzene rings is 2. The third-order valence-electron chi connectivity index (χ3n) is 4.53. The molecule has 0 aliphatic carbocycles. The maximum Gasteiger partial charge on any atom is 0.523 e. The lowest BCUT2D eigenvalue weighted by atomic mass is 10.1. The monoisotopic (exact) mass is 480 g/mol. The minimum absolute atomic E-state index is 0.0101. The molecule has 2 atom stereocenters. The molecule has 2 aromatic carbocycles. The summed E-state index contributed by atoms with van der Waals surface area (Å²) in [4.78, 5) is 12.4. The summed E-state index contributed by atoms with van der Waals surface area (Å²) in [5.74, 6) is -0.195. The zero-order chi connectivity index (χ0) is 23.1. The van der Waals surface area contributed by atoms with Gasteiger partial charge in [-0.15, -0.1) is 0 Å². The van der Waals surface area contributed by atoms with Gasteiger partial charge in [-0.2, -0.15) is 21.6 Å². The Kier molecular flexibility index (Phi) is 6.25. The Bertz CT molecular complexity index is 1070. The van der Waals surface area contributed by atoms with E-state index in [-0.39, 0.29) is 17.9 Å². The molecule has 0 aromatic heterocycles. The molecule has 0 spiro atoms. The summed E-state index contributed by atoms with van der Waals surface area (Å²) < 4.78 is 78.8. The molecular weight excluding hydrogens is 457 g/mol. The maximum absolute atomic E-state index is 13.2. The molecule has 31 heavy (non-hydrogen) atoms. The van der Waals surface area contributed by atoms with Crippen molar-refractivity contribution in [2.24, 2.45) is 0 Å². The predicted octanol–water partition coefficient (Wildman–Crippen LogP) is 5.51. The molecule has 0 radical (unpaired) electrons. The van der Waals surface area contributed by atoms with Crippen LogP contribution in [0.3, 0.4) is 0 Å². The van der Waals surface area contributed by atoms with Gasteiger partial charge in [0.1, 0.15) is 11.7 Å². The summed E-state index contributed by atoms with van der Waals surface area (Å²) in [6.45, 7) is 4.94. The highest BCUT2D eigenvalue weighted by Gasteiger charge is 2.53. The van der Waals surface area contributed by atoms with Crippen LogP contribution in [0.5, 0.6) is 0 Å². The molecule has 3 rings (SSSR count). The standard InChI is InChI=1S/C20H23F3O6S2/c1-19(2,3)28-18(24)27-15-11-12-30(13-15,29-31(25,26)20(21,22)23)17-10-6-8-14-7-4-5-9-16(14)17/h4-10,15H,11-13H2,1-3H3. The van der Waals surface area contributed by atoms with Gasteiger partial charge in [0.2, 0.25) is 0 Å². The van der Waals surface area contributed by atoms with Crippen molar-refractivity contribution >= 4 is 37.4 Å². The highest BCUT2D eigenvalue weighted by molar-refractivity contribution is 8.33. The van der Waals surface area contributed by atoms with Gasteiger partial charge in [0.25, 0.3) is 0 Å². The lowest BCUT2D eigenvalue weighted by molar-refractivity contribution is -0.0497. The number of carbonyl (C=O) groups excluding carboxylic acids is 1. The highest BCUT2D eigenvalue weighted by Crippen LogP contribution is 2.65. The van der Waals surface area contributed by atoms with Gasteiger partial charge in [0.05, 0.1) is 0 Å². The zero-order valence-electron chi connectivity index (χ0n) is 17.1. The molecule has 2 unspecified atom stereocenters. The van der Waals surface area contributed by atoms with Crippen molar-refractivity contribution in [3.63, 3.8) is 0 Å². The first kappa shape index (κ1) is 23.7. The Hall–Kier alpha value is -1.98. The molecule has 1 saturated heterocycles. The van der Waals surface area contributed by atoms with Gasteiger partial charge in [0.15, 0.2) is 0 Å². The van der Waals surface area contributed by atoms with Crippen LogP contribution in [-0.4, -0.2) is 43.3 Å². The number of carbonyl (C=O) groups is 1. The van der Waals surface area contributed by atoms with Gasteiger partial charge in [0, 0.05) is 16.4 Å². The normalized spacial score (nSPS) is 24.5. The highest BCUT2D eigenvalue weighted by atomic mass is 32.3. The maximum atomic E-state index is 13.2. The molecule has 6 nitrogen and oxygen atoms in total. The smallest absolute Gasteiger partial charge is 0.430 e. The number of ether oxygens (including phenoxy) is 2. The Morgan fingerprint density at radius 2 is 1.71 bits per heavy atom. The van der Waals surface area contributed by atoms with Crippen LogP contribution in [-0.2, 0) is 23.2 Å². The van der Waals surface area contributed by atoms with Gasteiger partial charge in [-0.25, -0.2) is 8.42 Å². The lowest BCUT2D eigenvalue weighted by Crippen LogP contribution is -2.30. The third kappa shape index (κ3) is 5.27. The van der Waals surface area contributed by atoms with E-state index in [1.54, 1.807) is 63.2 Å². The van der Waals surface area contributed by atoms with Crippen LogP contribution in [0.2, 0.25) is 0 Å². The molecule has 0 amide bonds. The van der Waals surface area contributed by atoms with Crippen molar-refractivity contribution in [1.82, 2.24) is 0 Å². The summed E-state index contributed by atoms with van der Waals surface area (Å²) in [5.41, 5.74) is -6.38. The fourth-order valence-electron chi connectivity index (χ4n) is 3.32. The van der Waals surface area contributed by atoms with Crippen molar-refractivity contribution in [1.29, 1.82) is 0 Å². The van der Waals surface area contributed by atoms with Crippen molar-refractivity contribution in [2.75, 3.05) is 11.5 Å².